The first-order chi connectivity index (χ1) is 21.8. The first kappa shape index (κ1) is 35.2. The largest absolute Gasteiger partial charge is 0.465 e. The Balaban J connectivity index is 1.78. The summed E-state index contributed by atoms with van der Waals surface area (Å²) in [5.74, 6) is 4.32. The first-order valence-electron chi connectivity index (χ1n) is 14.6. The van der Waals surface area contributed by atoms with Gasteiger partial charge >= 0.3 is 18.2 Å². The number of amides is 1. The summed E-state index contributed by atoms with van der Waals surface area (Å²) in [5.41, 5.74) is -0.320. The topological polar surface area (TPSA) is 137 Å². The smallest absolute Gasteiger partial charge is 0.408 e. The van der Waals surface area contributed by atoms with Gasteiger partial charge in [0.05, 0.1) is 34.7 Å². The average molecular weight is 673 g/mol. The van der Waals surface area contributed by atoms with Gasteiger partial charge in [0.15, 0.2) is 0 Å². The monoisotopic (exact) mass is 672 g/mol. The van der Waals surface area contributed by atoms with E-state index in [1.165, 1.54) is 31.4 Å². The molecule has 1 saturated carbocycles. The molecule has 3 aromatic rings. The van der Waals surface area contributed by atoms with E-state index in [-0.39, 0.29) is 34.9 Å². The van der Waals surface area contributed by atoms with E-state index in [9.17, 15) is 31.2 Å². The van der Waals surface area contributed by atoms with Crippen LogP contribution in [-0.2, 0) is 19.5 Å². The number of anilines is 1. The zero-order valence-electron chi connectivity index (χ0n) is 26.7. The van der Waals surface area contributed by atoms with Gasteiger partial charge in [-0.2, -0.15) is 13.2 Å². The number of sulfonamides is 1. The van der Waals surface area contributed by atoms with E-state index in [0.717, 1.165) is 17.2 Å². The van der Waals surface area contributed by atoms with Crippen LogP contribution in [0.4, 0.5) is 23.9 Å². The van der Waals surface area contributed by atoms with Gasteiger partial charge in [0.2, 0.25) is 5.95 Å². The van der Waals surface area contributed by atoms with E-state index in [2.05, 4.69) is 36.6 Å². The molecule has 0 spiro atoms. The van der Waals surface area contributed by atoms with Crippen LogP contribution >= 0.6 is 0 Å². The highest BCUT2D eigenvalue weighted by molar-refractivity contribution is 7.92. The highest BCUT2D eigenvalue weighted by Crippen LogP contribution is 2.60. The van der Waals surface area contributed by atoms with Crippen LogP contribution in [0.25, 0.3) is 11.3 Å². The maximum atomic E-state index is 13.9. The Morgan fingerprint density at radius 2 is 1.66 bits per heavy atom. The summed E-state index contributed by atoms with van der Waals surface area (Å²) in [6, 6.07) is 10.9. The summed E-state index contributed by atoms with van der Waals surface area (Å²) in [7, 11) is -3.17. The van der Waals surface area contributed by atoms with Gasteiger partial charge in [-0.1, -0.05) is 30.2 Å². The van der Waals surface area contributed by atoms with Crippen LogP contribution in [0.5, 0.6) is 0 Å². The third-order valence-corrected chi connectivity index (χ3v) is 8.70. The molecule has 250 valence electrons. The van der Waals surface area contributed by atoms with Gasteiger partial charge in [-0.05, 0) is 95.2 Å². The molecule has 1 heterocycles. The van der Waals surface area contributed by atoms with Crippen molar-refractivity contribution in [3.8, 4) is 23.1 Å². The maximum Gasteiger partial charge on any atom is 0.408 e. The molecule has 1 fully saturated rings. The Bertz CT molecular complexity index is 1840. The number of ether oxygens (including phenoxy) is 2. The van der Waals surface area contributed by atoms with E-state index in [4.69, 9.17) is 4.74 Å². The zero-order chi connectivity index (χ0) is 34.8. The van der Waals surface area contributed by atoms with Gasteiger partial charge in [0.1, 0.15) is 11.3 Å². The van der Waals surface area contributed by atoms with Crippen LogP contribution in [0.1, 0.15) is 67.2 Å². The summed E-state index contributed by atoms with van der Waals surface area (Å²) < 4.78 is 80.6. The van der Waals surface area contributed by atoms with Crippen LogP contribution in [0.3, 0.4) is 0 Å². The van der Waals surface area contributed by atoms with Crippen molar-refractivity contribution in [1.82, 2.24) is 15.3 Å². The second-order valence-electron chi connectivity index (χ2n) is 12.3. The number of aromatic nitrogens is 2. The number of esters is 1. The van der Waals surface area contributed by atoms with E-state index in [1.54, 1.807) is 20.8 Å². The number of benzene rings is 2. The number of nitrogens with one attached hydrogen (secondary N) is 2. The van der Waals surface area contributed by atoms with Crippen molar-refractivity contribution >= 4 is 28.0 Å². The number of nitrogens with zero attached hydrogens (tertiary/aromatic N) is 2. The van der Waals surface area contributed by atoms with Crippen molar-refractivity contribution in [2.75, 3.05) is 11.8 Å². The molecule has 47 heavy (non-hydrogen) atoms. The molecule has 2 aromatic carbocycles. The molecule has 0 saturated heterocycles. The Morgan fingerprint density at radius 3 is 2.23 bits per heavy atom. The molecule has 1 aliphatic carbocycles. The summed E-state index contributed by atoms with van der Waals surface area (Å²) in [6.45, 7) is 8.54. The zero-order valence-corrected chi connectivity index (χ0v) is 27.5. The minimum Gasteiger partial charge on any atom is -0.465 e. The Hall–Kier alpha value is -4.64. The Morgan fingerprint density at radius 1 is 1.02 bits per heavy atom. The Labute approximate surface area is 271 Å². The number of hydrogen-bond donors (Lipinski definition) is 2. The number of methoxy groups -OCH3 is 1. The number of carbonyl (C=O) groups is 2. The predicted octanol–water partition coefficient (Wildman–Crippen LogP) is 6.33. The lowest BCUT2D eigenvalue weighted by Gasteiger charge is -2.25. The number of aryl methyl sites for hydroxylation is 2. The van der Waals surface area contributed by atoms with Gasteiger partial charge in [-0.15, -0.1) is 0 Å². The summed E-state index contributed by atoms with van der Waals surface area (Å²) in [4.78, 5) is 33.0. The minimum absolute atomic E-state index is 0.00274. The lowest BCUT2D eigenvalue weighted by Crippen LogP contribution is -2.41. The summed E-state index contributed by atoms with van der Waals surface area (Å²) in [5, 5.41) is 2.44. The molecule has 0 radical (unpaired) electrons. The lowest BCUT2D eigenvalue weighted by molar-refractivity contribution is -0.189. The molecule has 1 aromatic heterocycles. The molecule has 1 amide bonds. The molecular formula is C33H35F3N4O6S. The summed E-state index contributed by atoms with van der Waals surface area (Å²) >= 11 is 0. The van der Waals surface area contributed by atoms with Crippen molar-refractivity contribution in [1.29, 1.82) is 0 Å². The highest BCUT2D eigenvalue weighted by atomic mass is 32.2. The molecule has 1 atom stereocenters. The summed E-state index contributed by atoms with van der Waals surface area (Å²) in [6.07, 6.45) is -6.14. The van der Waals surface area contributed by atoms with E-state index in [0.29, 0.717) is 11.3 Å². The van der Waals surface area contributed by atoms with Gasteiger partial charge in [0, 0.05) is 5.56 Å². The molecule has 14 heteroatoms. The third-order valence-electron chi connectivity index (χ3n) is 7.37. The van der Waals surface area contributed by atoms with Crippen LogP contribution in [0.15, 0.2) is 53.4 Å². The van der Waals surface area contributed by atoms with Crippen molar-refractivity contribution in [3.05, 3.63) is 70.9 Å². The van der Waals surface area contributed by atoms with Crippen molar-refractivity contribution in [2.24, 2.45) is 5.41 Å². The number of carbonyl (C=O) groups excluding carboxylic acids is 2. The van der Waals surface area contributed by atoms with Gasteiger partial charge in [0.25, 0.3) is 10.0 Å². The molecule has 0 unspecified atom stereocenters. The number of alkyl carbamates (subject to hydrolysis) is 1. The standard InChI is InChI=1S/C33H35F3N4O6S/c1-20-9-7-10-21(2)27(20)26-18-23(37-29(39-26)40-47(43,44)25-12-8-11-22(17-25)28(41)45-6)13-14-24(38-30(42)46-31(3,4)5)19-32(15-16-32)33(34,35)36/h7-12,17-18,24H,15-16,19H2,1-6H3,(H,38,42)(H,37,39,40)/t24-/m0/s1. The SMILES string of the molecule is COC(=O)c1cccc(S(=O)(=O)Nc2nc(C#C[C@@H](CC3(C(F)(F)F)CC3)NC(=O)OC(C)(C)C)cc(-c3c(C)cccc3C)n2)c1. The molecule has 0 bridgehead atoms. The van der Waals surface area contributed by atoms with Crippen LogP contribution in [0, 0.1) is 31.1 Å². The highest BCUT2D eigenvalue weighted by Gasteiger charge is 2.63. The van der Waals surface area contributed by atoms with Crippen LogP contribution in [-0.4, -0.2) is 55.4 Å². The van der Waals surface area contributed by atoms with Crippen molar-refractivity contribution < 1.29 is 40.7 Å². The van der Waals surface area contributed by atoms with Crippen molar-refractivity contribution in [2.45, 2.75) is 76.6 Å². The number of halogens is 3. The van der Waals surface area contributed by atoms with Crippen molar-refractivity contribution in [3.63, 3.8) is 0 Å². The van der Waals surface area contributed by atoms with Crippen LogP contribution in [0.2, 0.25) is 0 Å². The normalized spacial score (nSPS) is 14.7. The average Bonchev–Trinajstić information content (AvgIpc) is 3.75. The van der Waals surface area contributed by atoms with Gasteiger partial charge in [-0.3, -0.25) is 0 Å². The second-order valence-corrected chi connectivity index (χ2v) is 14.0. The molecule has 10 nitrogen and oxygen atoms in total. The maximum absolute atomic E-state index is 13.9. The molecule has 4 rings (SSSR count). The first-order valence-corrected chi connectivity index (χ1v) is 16.1. The fourth-order valence-corrected chi connectivity index (χ4v) is 5.87. The van der Waals surface area contributed by atoms with Crippen LogP contribution < -0.4 is 10.0 Å². The van der Waals surface area contributed by atoms with E-state index in [1.807, 2.05) is 32.0 Å². The van der Waals surface area contributed by atoms with Gasteiger partial charge in [-0.25, -0.2) is 32.7 Å². The number of hydrogen-bond acceptors (Lipinski definition) is 8. The number of rotatable bonds is 8. The molecule has 0 aliphatic heterocycles. The van der Waals surface area contributed by atoms with E-state index < -0.39 is 51.7 Å². The minimum atomic E-state index is -4.50. The predicted molar refractivity (Wildman–Crippen MR) is 168 cm³/mol. The Kier molecular flexibility index (Phi) is 9.91. The fourth-order valence-electron chi connectivity index (χ4n) is 4.88. The quantitative estimate of drug-likeness (QED) is 0.210. The fraction of sp³-hybridized carbons (Fsp3) is 0.394. The van der Waals surface area contributed by atoms with Gasteiger partial charge < -0.3 is 14.8 Å². The second kappa shape index (κ2) is 13.2. The van der Waals surface area contributed by atoms with E-state index >= 15 is 0 Å². The molecule has 2 N–H and O–H groups in total. The number of alkyl halides is 3. The lowest BCUT2D eigenvalue weighted by atomic mass is 9.96. The molecule has 1 aliphatic rings. The third kappa shape index (κ3) is 8.79. The molecular weight excluding hydrogens is 637 g/mol.